The predicted octanol–water partition coefficient (Wildman–Crippen LogP) is 7.27. The van der Waals surface area contributed by atoms with E-state index in [9.17, 15) is 0 Å². The van der Waals surface area contributed by atoms with Crippen molar-refractivity contribution in [2.24, 2.45) is 5.92 Å². The summed E-state index contributed by atoms with van der Waals surface area (Å²) < 4.78 is 0. The molecule has 1 nitrogen and oxygen atoms in total. The number of rotatable bonds is 19. The molecule has 0 bridgehead atoms. The van der Waals surface area contributed by atoms with Gasteiger partial charge in [0.25, 0.3) is 0 Å². The highest BCUT2D eigenvalue weighted by Crippen LogP contribution is 2.14. The van der Waals surface area contributed by atoms with E-state index in [1.54, 1.807) is 0 Å². The van der Waals surface area contributed by atoms with Gasteiger partial charge in [0.15, 0.2) is 0 Å². The van der Waals surface area contributed by atoms with Crippen LogP contribution in [0, 0.1) is 5.92 Å². The minimum atomic E-state index is 0.893. The van der Waals surface area contributed by atoms with E-state index in [1.165, 1.54) is 96.3 Å². The first kappa shape index (κ1) is 22.7. The Balaban J connectivity index is 2.96. The van der Waals surface area contributed by atoms with E-state index in [0.717, 1.165) is 19.0 Å². The predicted molar refractivity (Wildman–Crippen MR) is 107 cm³/mol. The number of unbranched alkanes of at least 4 members (excludes halogenated alkanes) is 13. The molecule has 1 heteroatoms. The standard InChI is InChI=1S/C22H45N/c1-4-20-23-21-18-16-14-12-10-8-6-5-7-9-11-13-15-17-19-22(2)3/h4,22-23H,1,5-21H2,2-3H3. The molecule has 0 saturated heterocycles. The topological polar surface area (TPSA) is 12.0 Å². The first-order valence-electron chi connectivity index (χ1n) is 10.6. The average Bonchev–Trinajstić information content (AvgIpc) is 2.53. The van der Waals surface area contributed by atoms with Gasteiger partial charge in [-0.1, -0.05) is 110 Å². The fraction of sp³-hybridized carbons (Fsp3) is 0.909. The maximum atomic E-state index is 3.71. The smallest absolute Gasteiger partial charge is 0.0132 e. The zero-order valence-electron chi connectivity index (χ0n) is 16.4. The van der Waals surface area contributed by atoms with Crippen LogP contribution in [0.1, 0.15) is 110 Å². The largest absolute Gasteiger partial charge is 0.313 e. The Bertz CT molecular complexity index is 222. The zero-order valence-corrected chi connectivity index (χ0v) is 16.4. The Morgan fingerprint density at radius 1 is 0.652 bits per heavy atom. The molecular formula is C22H45N. The van der Waals surface area contributed by atoms with Crippen molar-refractivity contribution in [3.05, 3.63) is 12.7 Å². The summed E-state index contributed by atoms with van der Waals surface area (Å²) in [6.07, 6.45) is 23.6. The fourth-order valence-corrected chi connectivity index (χ4v) is 3.13. The Hall–Kier alpha value is -0.300. The average molecular weight is 324 g/mol. The van der Waals surface area contributed by atoms with Gasteiger partial charge in [-0.2, -0.15) is 0 Å². The summed E-state index contributed by atoms with van der Waals surface area (Å²) >= 11 is 0. The van der Waals surface area contributed by atoms with E-state index in [1.807, 2.05) is 6.08 Å². The molecule has 0 amide bonds. The molecule has 0 unspecified atom stereocenters. The van der Waals surface area contributed by atoms with Crippen molar-refractivity contribution in [1.29, 1.82) is 0 Å². The van der Waals surface area contributed by atoms with Gasteiger partial charge in [-0.05, 0) is 18.9 Å². The Labute approximate surface area is 147 Å². The molecule has 0 heterocycles. The van der Waals surface area contributed by atoms with Gasteiger partial charge >= 0.3 is 0 Å². The Morgan fingerprint density at radius 3 is 1.43 bits per heavy atom. The summed E-state index contributed by atoms with van der Waals surface area (Å²) in [6, 6.07) is 0. The molecule has 0 spiro atoms. The van der Waals surface area contributed by atoms with Crippen LogP contribution in [0.3, 0.4) is 0 Å². The summed E-state index contributed by atoms with van der Waals surface area (Å²) in [5.41, 5.74) is 0. The molecule has 0 rings (SSSR count). The Kier molecular flexibility index (Phi) is 19.5. The molecular weight excluding hydrogens is 278 g/mol. The second-order valence-electron chi connectivity index (χ2n) is 7.63. The first-order valence-corrected chi connectivity index (χ1v) is 10.6. The van der Waals surface area contributed by atoms with Crippen LogP contribution in [0.5, 0.6) is 0 Å². The highest BCUT2D eigenvalue weighted by Gasteiger charge is 1.96. The lowest BCUT2D eigenvalue weighted by atomic mass is 10.0. The van der Waals surface area contributed by atoms with Gasteiger partial charge < -0.3 is 5.32 Å². The van der Waals surface area contributed by atoms with Crippen molar-refractivity contribution in [2.45, 2.75) is 110 Å². The van der Waals surface area contributed by atoms with Crippen molar-refractivity contribution in [2.75, 3.05) is 13.1 Å². The van der Waals surface area contributed by atoms with Crippen LogP contribution in [0.25, 0.3) is 0 Å². The van der Waals surface area contributed by atoms with Crippen molar-refractivity contribution >= 4 is 0 Å². The van der Waals surface area contributed by atoms with Crippen LogP contribution in [0.4, 0.5) is 0 Å². The molecule has 0 atom stereocenters. The summed E-state index contributed by atoms with van der Waals surface area (Å²) in [4.78, 5) is 0. The second-order valence-corrected chi connectivity index (χ2v) is 7.63. The molecule has 0 saturated carbocycles. The van der Waals surface area contributed by atoms with Crippen LogP contribution in [-0.4, -0.2) is 13.1 Å². The van der Waals surface area contributed by atoms with E-state index in [2.05, 4.69) is 25.7 Å². The number of nitrogens with one attached hydrogen (secondary N) is 1. The van der Waals surface area contributed by atoms with Crippen LogP contribution < -0.4 is 5.32 Å². The normalized spacial score (nSPS) is 11.3. The second kappa shape index (κ2) is 19.7. The van der Waals surface area contributed by atoms with Gasteiger partial charge in [0, 0.05) is 6.54 Å². The summed E-state index contributed by atoms with van der Waals surface area (Å²) in [6.45, 7) is 10.5. The number of hydrogen-bond acceptors (Lipinski definition) is 1. The zero-order chi connectivity index (χ0) is 17.0. The minimum Gasteiger partial charge on any atom is -0.313 e. The summed E-state index contributed by atoms with van der Waals surface area (Å²) in [5, 5.41) is 3.37. The van der Waals surface area contributed by atoms with Crippen molar-refractivity contribution in [1.82, 2.24) is 5.32 Å². The van der Waals surface area contributed by atoms with Crippen LogP contribution in [0.2, 0.25) is 0 Å². The van der Waals surface area contributed by atoms with E-state index in [-0.39, 0.29) is 0 Å². The SMILES string of the molecule is C=CCNCCCCCCCCCCCCCCCCC(C)C. The van der Waals surface area contributed by atoms with E-state index in [4.69, 9.17) is 0 Å². The van der Waals surface area contributed by atoms with Crippen LogP contribution in [0.15, 0.2) is 12.7 Å². The number of hydrogen-bond donors (Lipinski definition) is 1. The van der Waals surface area contributed by atoms with Gasteiger partial charge in [-0.15, -0.1) is 6.58 Å². The van der Waals surface area contributed by atoms with Gasteiger partial charge in [-0.25, -0.2) is 0 Å². The molecule has 0 aromatic carbocycles. The highest BCUT2D eigenvalue weighted by molar-refractivity contribution is 4.69. The summed E-state index contributed by atoms with van der Waals surface area (Å²) in [7, 11) is 0. The van der Waals surface area contributed by atoms with Gasteiger partial charge in [0.2, 0.25) is 0 Å². The Morgan fingerprint density at radius 2 is 1.04 bits per heavy atom. The molecule has 0 fully saturated rings. The third-order valence-electron chi connectivity index (χ3n) is 4.67. The quantitative estimate of drug-likeness (QED) is 0.195. The highest BCUT2D eigenvalue weighted by atomic mass is 14.8. The molecule has 0 aliphatic rings. The summed E-state index contributed by atoms with van der Waals surface area (Å²) in [5.74, 6) is 0.893. The van der Waals surface area contributed by atoms with Crippen molar-refractivity contribution in [3.8, 4) is 0 Å². The molecule has 23 heavy (non-hydrogen) atoms. The minimum absolute atomic E-state index is 0.893. The molecule has 0 aliphatic heterocycles. The molecule has 1 N–H and O–H groups in total. The fourth-order valence-electron chi connectivity index (χ4n) is 3.13. The molecule has 0 aromatic rings. The lowest BCUT2D eigenvalue weighted by Crippen LogP contribution is -2.14. The van der Waals surface area contributed by atoms with Crippen LogP contribution in [-0.2, 0) is 0 Å². The van der Waals surface area contributed by atoms with Crippen molar-refractivity contribution in [3.63, 3.8) is 0 Å². The maximum absolute atomic E-state index is 3.71. The third kappa shape index (κ3) is 21.7. The maximum Gasteiger partial charge on any atom is 0.0132 e. The van der Waals surface area contributed by atoms with E-state index >= 15 is 0 Å². The van der Waals surface area contributed by atoms with Gasteiger partial charge in [-0.3, -0.25) is 0 Å². The lowest BCUT2D eigenvalue weighted by Gasteiger charge is -2.05. The molecule has 0 aromatic heterocycles. The monoisotopic (exact) mass is 323 g/mol. The van der Waals surface area contributed by atoms with Gasteiger partial charge in [0.1, 0.15) is 0 Å². The third-order valence-corrected chi connectivity index (χ3v) is 4.67. The van der Waals surface area contributed by atoms with Crippen LogP contribution >= 0.6 is 0 Å². The molecule has 0 radical (unpaired) electrons. The van der Waals surface area contributed by atoms with E-state index in [0.29, 0.717) is 0 Å². The van der Waals surface area contributed by atoms with Crippen molar-refractivity contribution < 1.29 is 0 Å². The molecule has 0 aliphatic carbocycles. The van der Waals surface area contributed by atoms with Gasteiger partial charge in [0.05, 0.1) is 0 Å². The molecule has 138 valence electrons. The van der Waals surface area contributed by atoms with E-state index < -0.39 is 0 Å². The lowest BCUT2D eigenvalue weighted by molar-refractivity contribution is 0.502. The first-order chi connectivity index (χ1) is 11.3.